The molecule has 0 spiro atoms. The molecule has 1 aromatic carbocycles. The number of aliphatic hydroxyl groups excluding tert-OH is 1. The van der Waals surface area contributed by atoms with Crippen molar-refractivity contribution in [2.24, 2.45) is 57.2 Å². The molecule has 0 bridgehead atoms. The predicted molar refractivity (Wildman–Crippen MR) is 195 cm³/mol. The Hall–Kier alpha value is -1.76. The van der Waals surface area contributed by atoms with E-state index in [0.717, 1.165) is 18.5 Å². The van der Waals surface area contributed by atoms with Crippen molar-refractivity contribution in [3.05, 3.63) is 35.7 Å². The van der Waals surface area contributed by atoms with Gasteiger partial charge >= 0.3 is 0 Å². The quantitative estimate of drug-likeness (QED) is 0.256. The maximum atomic E-state index is 15.0. The molecule has 0 aromatic heterocycles. The van der Waals surface area contributed by atoms with Gasteiger partial charge in [0.15, 0.2) is 11.6 Å². The average Bonchev–Trinajstić information content (AvgIpc) is 3.46. The number of fused-ring (bicyclic) bond motifs is 7. The third-order valence-electron chi connectivity index (χ3n) is 16.9. The van der Waals surface area contributed by atoms with Crippen molar-refractivity contribution in [1.82, 2.24) is 10.2 Å². The molecule has 10 atom stereocenters. The minimum absolute atomic E-state index is 0.0113. The Morgan fingerprint density at radius 3 is 2.47 bits per heavy atom. The topological polar surface area (TPSA) is 61.8 Å². The number of aliphatic hydroxyl groups is 1. The van der Waals surface area contributed by atoms with Crippen LogP contribution in [0.25, 0.3) is 5.57 Å². The summed E-state index contributed by atoms with van der Waals surface area (Å²) in [4.78, 5) is 13.6. The lowest BCUT2D eigenvalue weighted by Gasteiger charge is -2.72. The van der Waals surface area contributed by atoms with Crippen LogP contribution >= 0.6 is 0 Å². The molecule has 0 amide bonds. The maximum absolute atomic E-state index is 15.0. The number of halogens is 1. The van der Waals surface area contributed by atoms with Gasteiger partial charge < -0.3 is 20.1 Å². The summed E-state index contributed by atoms with van der Waals surface area (Å²) in [5.74, 6) is 2.93. The minimum Gasteiger partial charge on any atom is -0.426 e. The molecule has 2 N–H and O–H groups in total. The highest BCUT2D eigenvalue weighted by Gasteiger charge is 2.70. The lowest BCUT2D eigenvalue weighted by atomic mass is 9.33. The summed E-state index contributed by atoms with van der Waals surface area (Å²) in [6.07, 6.45) is 17.7. The van der Waals surface area contributed by atoms with Crippen molar-refractivity contribution in [2.75, 3.05) is 32.8 Å². The van der Waals surface area contributed by atoms with Gasteiger partial charge in [-0.3, -0.25) is 4.79 Å². The number of hydrogen-bond donors (Lipinski definition) is 2. The number of nitrogens with zero attached hydrogens (tertiary/aromatic N) is 1. The first-order valence-corrected chi connectivity index (χ1v) is 20.0. The van der Waals surface area contributed by atoms with Crippen LogP contribution in [0.4, 0.5) is 4.39 Å². The van der Waals surface area contributed by atoms with Crippen LogP contribution in [0.15, 0.2) is 24.3 Å². The standard InChI is InChI=1S/C43H65FN2O3/c1-29(27-47)31-14-19-43(45-22-25-46-23-8-7-9-24-46)21-20-41(5)33(38(31)43)11-13-37-40(4)17-15-32(30-10-12-35(49-28-48)34(44)26-30)39(2,3)36(40)16-18-42(37,41)6/h10,12,15,26,28-29,31,33,36-38,45,47H,7-9,11,13-14,16-25,27H2,1-6H3/t29?,31-,33+,36-,37+,38+,40-,41+,42+,43-/m0/s1. The summed E-state index contributed by atoms with van der Waals surface area (Å²) >= 11 is 0. The first-order chi connectivity index (χ1) is 23.3. The molecular weight excluding hydrogens is 611 g/mol. The van der Waals surface area contributed by atoms with Gasteiger partial charge in [-0.15, -0.1) is 0 Å². The molecule has 272 valence electrons. The van der Waals surface area contributed by atoms with Gasteiger partial charge in [0.1, 0.15) is 0 Å². The van der Waals surface area contributed by atoms with Gasteiger partial charge in [-0.1, -0.05) is 60.1 Å². The number of hydrogen-bond acceptors (Lipinski definition) is 5. The molecule has 49 heavy (non-hydrogen) atoms. The van der Waals surface area contributed by atoms with Gasteiger partial charge in [-0.25, -0.2) is 4.39 Å². The summed E-state index contributed by atoms with van der Waals surface area (Å²) in [5.41, 5.74) is 2.98. The number of benzene rings is 1. The van der Waals surface area contributed by atoms with E-state index in [2.05, 4.69) is 57.8 Å². The molecule has 5 nitrogen and oxygen atoms in total. The number of carbonyl (C=O) groups excluding carboxylic acids is 1. The van der Waals surface area contributed by atoms with Gasteiger partial charge in [-0.2, -0.15) is 0 Å². The molecule has 1 saturated heterocycles. The van der Waals surface area contributed by atoms with Crippen molar-refractivity contribution in [3.8, 4) is 5.75 Å². The number of likely N-dealkylation sites (tertiary alicyclic amines) is 1. The van der Waals surface area contributed by atoms with Crippen LogP contribution < -0.4 is 10.1 Å². The summed E-state index contributed by atoms with van der Waals surface area (Å²) in [6.45, 7) is 20.5. The van der Waals surface area contributed by atoms with E-state index in [4.69, 9.17) is 4.74 Å². The van der Waals surface area contributed by atoms with Crippen LogP contribution in [0, 0.1) is 63.0 Å². The van der Waals surface area contributed by atoms with Crippen LogP contribution in [0.3, 0.4) is 0 Å². The van der Waals surface area contributed by atoms with Gasteiger partial charge in [0.05, 0.1) is 0 Å². The SMILES string of the molecule is CC(CO)[C@@H]1CC[C@]2(NCCN3CCCCC3)CC[C@]3(C)[C@H](CC[C@@H]4[C@@]5(C)CC=C(c6ccc(OC=O)c(F)c6)C(C)(C)[C@@H]5CC[C@]43C)[C@@H]12. The zero-order chi connectivity index (χ0) is 34.8. The summed E-state index contributed by atoms with van der Waals surface area (Å²) in [5, 5.41) is 14.8. The highest BCUT2D eigenvalue weighted by atomic mass is 19.1. The van der Waals surface area contributed by atoms with Crippen molar-refractivity contribution in [2.45, 2.75) is 124 Å². The zero-order valence-corrected chi connectivity index (χ0v) is 31.5. The third-order valence-corrected chi connectivity index (χ3v) is 16.9. The molecule has 0 radical (unpaired) electrons. The fourth-order valence-corrected chi connectivity index (χ4v) is 14.3. The number of nitrogens with one attached hydrogen (secondary N) is 1. The Morgan fingerprint density at radius 2 is 1.76 bits per heavy atom. The molecule has 1 heterocycles. The molecule has 1 aliphatic heterocycles. The molecule has 5 aliphatic carbocycles. The number of piperidine rings is 1. The van der Waals surface area contributed by atoms with E-state index in [1.807, 2.05) is 6.07 Å². The average molecular weight is 677 g/mol. The predicted octanol–water partition coefficient (Wildman–Crippen LogP) is 8.89. The smallest absolute Gasteiger partial charge is 0.298 e. The van der Waals surface area contributed by atoms with Crippen LogP contribution in [-0.4, -0.2) is 54.8 Å². The second-order valence-electron chi connectivity index (χ2n) is 18.9. The Bertz CT molecular complexity index is 1420. The fourth-order valence-electron chi connectivity index (χ4n) is 14.3. The molecular formula is C43H65FN2O3. The normalized spacial score (nSPS) is 42.2. The van der Waals surface area contributed by atoms with E-state index in [9.17, 15) is 14.3 Å². The number of rotatable bonds is 9. The van der Waals surface area contributed by atoms with Gasteiger partial charge in [0.25, 0.3) is 6.47 Å². The Kier molecular flexibility index (Phi) is 9.47. The van der Waals surface area contributed by atoms with Crippen LogP contribution in [0.1, 0.15) is 124 Å². The second-order valence-corrected chi connectivity index (χ2v) is 18.9. The van der Waals surface area contributed by atoms with E-state index >= 15 is 0 Å². The molecule has 1 aromatic rings. The van der Waals surface area contributed by atoms with E-state index in [-0.39, 0.29) is 32.9 Å². The summed E-state index contributed by atoms with van der Waals surface area (Å²) in [6, 6.07) is 5.09. The lowest BCUT2D eigenvalue weighted by Crippen LogP contribution is -2.68. The monoisotopic (exact) mass is 676 g/mol. The molecule has 6 heteroatoms. The van der Waals surface area contributed by atoms with Gasteiger partial charge in [0, 0.05) is 25.2 Å². The molecule has 5 fully saturated rings. The first kappa shape index (κ1) is 35.6. The van der Waals surface area contributed by atoms with Gasteiger partial charge in [-0.05, 0) is 164 Å². The highest BCUT2D eigenvalue weighted by molar-refractivity contribution is 5.72. The van der Waals surface area contributed by atoms with E-state index in [1.54, 1.807) is 12.1 Å². The minimum atomic E-state index is -0.479. The number of carbonyl (C=O) groups is 1. The number of ether oxygens (including phenoxy) is 1. The third kappa shape index (κ3) is 5.50. The van der Waals surface area contributed by atoms with Crippen molar-refractivity contribution in [1.29, 1.82) is 0 Å². The molecule has 6 aliphatic rings. The summed E-state index contributed by atoms with van der Waals surface area (Å²) < 4.78 is 19.8. The molecule has 4 saturated carbocycles. The van der Waals surface area contributed by atoms with Crippen molar-refractivity contribution in [3.63, 3.8) is 0 Å². The number of allylic oxidation sites excluding steroid dienone is 2. The Labute approximate surface area is 296 Å². The first-order valence-electron chi connectivity index (χ1n) is 20.0. The largest absolute Gasteiger partial charge is 0.426 e. The molecule has 7 rings (SSSR count). The van der Waals surface area contributed by atoms with Crippen LogP contribution in [0.5, 0.6) is 5.75 Å². The zero-order valence-electron chi connectivity index (χ0n) is 31.5. The lowest BCUT2D eigenvalue weighted by molar-refractivity contribution is -0.221. The van der Waals surface area contributed by atoms with Crippen LogP contribution in [-0.2, 0) is 4.79 Å². The maximum Gasteiger partial charge on any atom is 0.298 e. The highest BCUT2D eigenvalue weighted by Crippen LogP contribution is 2.76. The Morgan fingerprint density at radius 1 is 0.980 bits per heavy atom. The second kappa shape index (κ2) is 13.0. The summed E-state index contributed by atoms with van der Waals surface area (Å²) in [7, 11) is 0. The fraction of sp³-hybridized carbons (Fsp3) is 0.791. The van der Waals surface area contributed by atoms with Gasteiger partial charge in [0.2, 0.25) is 0 Å². The van der Waals surface area contributed by atoms with E-state index in [0.29, 0.717) is 48.6 Å². The van der Waals surface area contributed by atoms with Crippen molar-refractivity contribution >= 4 is 12.0 Å². The molecule has 1 unspecified atom stereocenters. The van der Waals surface area contributed by atoms with Crippen molar-refractivity contribution < 1.29 is 19.0 Å². The van der Waals surface area contributed by atoms with Crippen LogP contribution in [0.2, 0.25) is 0 Å². The van der Waals surface area contributed by atoms with E-state index < -0.39 is 5.82 Å². The Balaban J connectivity index is 1.17. The van der Waals surface area contributed by atoms with E-state index in [1.165, 1.54) is 95.8 Å².